The summed E-state index contributed by atoms with van der Waals surface area (Å²) in [6.45, 7) is 4.52. The number of amides is 1. The van der Waals surface area contributed by atoms with Crippen LogP contribution in [0.5, 0.6) is 11.5 Å². The van der Waals surface area contributed by atoms with Gasteiger partial charge in [0.25, 0.3) is 5.91 Å². The Morgan fingerprint density at radius 2 is 1.70 bits per heavy atom. The average molecular weight is 541 g/mol. The zero-order chi connectivity index (χ0) is 27.7. The van der Waals surface area contributed by atoms with Crippen molar-refractivity contribution >= 4 is 11.6 Å². The smallest absolute Gasteiger partial charge is 0.253 e. The Balaban J connectivity index is 1.11. The lowest BCUT2D eigenvalue weighted by atomic mass is 9.99. The van der Waals surface area contributed by atoms with Crippen molar-refractivity contribution in [2.75, 3.05) is 39.2 Å². The molecular weight excluding hydrogens is 504 g/mol. The predicted octanol–water partition coefficient (Wildman–Crippen LogP) is 3.94. The van der Waals surface area contributed by atoms with E-state index in [0.717, 1.165) is 61.9 Å². The number of benzene rings is 3. The third-order valence-electron chi connectivity index (χ3n) is 7.20. The van der Waals surface area contributed by atoms with Gasteiger partial charge in [0.1, 0.15) is 5.69 Å². The molecule has 0 saturated heterocycles. The van der Waals surface area contributed by atoms with Gasteiger partial charge in [-0.25, -0.2) is 0 Å². The molecule has 208 valence electrons. The molecule has 2 heterocycles. The molecule has 1 amide bonds. The first-order valence-corrected chi connectivity index (χ1v) is 13.6. The Kier molecular flexibility index (Phi) is 8.93. The first-order chi connectivity index (χ1) is 19.6. The highest BCUT2D eigenvalue weighted by atomic mass is 16.5. The number of methoxy groups -OCH3 is 2. The van der Waals surface area contributed by atoms with Gasteiger partial charge in [-0.3, -0.25) is 14.4 Å². The number of fused-ring (bicyclic) bond motifs is 1. The van der Waals surface area contributed by atoms with Crippen LogP contribution >= 0.6 is 0 Å². The fourth-order valence-electron chi connectivity index (χ4n) is 4.99. The summed E-state index contributed by atoms with van der Waals surface area (Å²) in [6.07, 6.45) is 3.72. The molecule has 3 aromatic carbocycles. The molecule has 2 N–H and O–H groups in total. The van der Waals surface area contributed by atoms with Crippen LogP contribution in [0.4, 0.5) is 5.69 Å². The van der Waals surface area contributed by atoms with E-state index in [0.29, 0.717) is 18.7 Å². The minimum Gasteiger partial charge on any atom is -0.493 e. The van der Waals surface area contributed by atoms with E-state index in [2.05, 4.69) is 50.1 Å². The van der Waals surface area contributed by atoms with Crippen LogP contribution < -0.4 is 20.1 Å². The first-order valence-electron chi connectivity index (χ1n) is 13.6. The summed E-state index contributed by atoms with van der Waals surface area (Å²) >= 11 is 0. The molecule has 4 aromatic rings. The van der Waals surface area contributed by atoms with Crippen molar-refractivity contribution < 1.29 is 14.3 Å². The van der Waals surface area contributed by atoms with E-state index < -0.39 is 0 Å². The van der Waals surface area contributed by atoms with Crippen LogP contribution in [0.15, 0.2) is 72.9 Å². The van der Waals surface area contributed by atoms with Crippen LogP contribution in [-0.4, -0.2) is 59.7 Å². The van der Waals surface area contributed by atoms with Crippen LogP contribution in [0.3, 0.4) is 0 Å². The summed E-state index contributed by atoms with van der Waals surface area (Å²) in [6, 6.07) is 21.9. The second-order valence-electron chi connectivity index (χ2n) is 9.87. The quantitative estimate of drug-likeness (QED) is 0.281. The van der Waals surface area contributed by atoms with Crippen LogP contribution in [-0.2, 0) is 32.5 Å². The SMILES string of the molecule is COc1cc2c(cc1OC)CN(CCn1cc(CNc3ccccc3C(=O)NCCc3ccccc3)nn1)CC2. The van der Waals surface area contributed by atoms with Gasteiger partial charge in [-0.2, -0.15) is 0 Å². The van der Waals surface area contributed by atoms with E-state index in [9.17, 15) is 4.79 Å². The second-order valence-corrected chi connectivity index (χ2v) is 9.87. The fraction of sp³-hybridized carbons (Fsp3) is 0.323. The number of ether oxygens (including phenoxy) is 2. The number of hydrogen-bond acceptors (Lipinski definition) is 7. The normalized spacial score (nSPS) is 12.9. The van der Waals surface area contributed by atoms with E-state index in [4.69, 9.17) is 9.47 Å². The number of anilines is 1. The van der Waals surface area contributed by atoms with Crippen molar-refractivity contribution in [1.29, 1.82) is 0 Å². The standard InChI is InChI=1S/C31H36N6O3/c1-39-29-18-24-13-15-36(21-25(24)19-30(29)40-2)16-17-37-22-26(34-35-37)20-33-28-11-7-6-10-27(28)31(38)32-14-12-23-8-4-3-5-9-23/h3-11,18-19,22,33H,12-17,20-21H2,1-2H3,(H,32,38). The van der Waals surface area contributed by atoms with E-state index in [1.54, 1.807) is 14.2 Å². The number of aromatic nitrogens is 3. The Labute approximate surface area is 235 Å². The highest BCUT2D eigenvalue weighted by Gasteiger charge is 2.19. The molecule has 0 bridgehead atoms. The van der Waals surface area contributed by atoms with E-state index in [1.807, 2.05) is 53.3 Å². The third kappa shape index (κ3) is 6.79. The number of rotatable bonds is 12. The van der Waals surface area contributed by atoms with Gasteiger partial charge in [-0.15, -0.1) is 5.10 Å². The van der Waals surface area contributed by atoms with Crippen LogP contribution in [0.25, 0.3) is 0 Å². The molecule has 0 atom stereocenters. The molecule has 0 aliphatic carbocycles. The topological polar surface area (TPSA) is 93.5 Å². The molecule has 0 fully saturated rings. The zero-order valence-electron chi connectivity index (χ0n) is 23.1. The van der Waals surface area contributed by atoms with Crippen LogP contribution in [0, 0.1) is 0 Å². The summed E-state index contributed by atoms with van der Waals surface area (Å²) in [5.41, 5.74) is 5.99. The molecule has 0 unspecified atom stereocenters. The maximum absolute atomic E-state index is 12.9. The lowest BCUT2D eigenvalue weighted by molar-refractivity contribution is 0.0955. The minimum absolute atomic E-state index is 0.0955. The molecular formula is C31H36N6O3. The maximum Gasteiger partial charge on any atom is 0.253 e. The molecule has 5 rings (SSSR count). The zero-order valence-corrected chi connectivity index (χ0v) is 23.1. The summed E-state index contributed by atoms with van der Waals surface area (Å²) in [5.74, 6) is 1.45. The second kappa shape index (κ2) is 13.1. The van der Waals surface area contributed by atoms with Crippen molar-refractivity contribution in [2.24, 2.45) is 0 Å². The monoisotopic (exact) mass is 540 g/mol. The number of carbonyl (C=O) groups is 1. The van der Waals surface area contributed by atoms with Crippen molar-refractivity contribution in [1.82, 2.24) is 25.2 Å². The molecule has 40 heavy (non-hydrogen) atoms. The first kappa shape index (κ1) is 27.2. The molecule has 1 aliphatic heterocycles. The van der Waals surface area contributed by atoms with Crippen molar-refractivity contribution in [3.8, 4) is 11.5 Å². The van der Waals surface area contributed by atoms with E-state index in [-0.39, 0.29) is 5.91 Å². The van der Waals surface area contributed by atoms with Gasteiger partial charge in [0.15, 0.2) is 11.5 Å². The van der Waals surface area contributed by atoms with Gasteiger partial charge >= 0.3 is 0 Å². The molecule has 1 aliphatic rings. The van der Waals surface area contributed by atoms with E-state index >= 15 is 0 Å². The number of hydrogen-bond donors (Lipinski definition) is 2. The van der Waals surface area contributed by atoms with E-state index in [1.165, 1.54) is 16.7 Å². The lowest BCUT2D eigenvalue weighted by Gasteiger charge is -2.29. The maximum atomic E-state index is 12.9. The van der Waals surface area contributed by atoms with Crippen LogP contribution in [0.2, 0.25) is 0 Å². The van der Waals surface area contributed by atoms with Gasteiger partial charge in [0.05, 0.1) is 39.1 Å². The predicted molar refractivity (Wildman–Crippen MR) is 155 cm³/mol. The molecule has 0 radical (unpaired) electrons. The Bertz CT molecular complexity index is 1420. The number of para-hydroxylation sites is 1. The minimum atomic E-state index is -0.0955. The van der Waals surface area contributed by atoms with Crippen molar-refractivity contribution in [3.05, 3.63) is 101 Å². The lowest BCUT2D eigenvalue weighted by Crippen LogP contribution is -2.33. The van der Waals surface area contributed by atoms with Gasteiger partial charge in [0.2, 0.25) is 0 Å². The Morgan fingerprint density at radius 1 is 0.950 bits per heavy atom. The molecule has 0 spiro atoms. The largest absolute Gasteiger partial charge is 0.493 e. The van der Waals surface area contributed by atoms with Gasteiger partial charge in [-0.05, 0) is 53.8 Å². The third-order valence-corrected chi connectivity index (χ3v) is 7.20. The summed E-state index contributed by atoms with van der Waals surface area (Å²) in [4.78, 5) is 15.3. The van der Waals surface area contributed by atoms with Gasteiger partial charge < -0.3 is 20.1 Å². The molecule has 1 aromatic heterocycles. The molecule has 9 nitrogen and oxygen atoms in total. The van der Waals surface area contributed by atoms with Crippen molar-refractivity contribution in [3.63, 3.8) is 0 Å². The highest BCUT2D eigenvalue weighted by Crippen LogP contribution is 2.33. The molecule has 0 saturated carbocycles. The van der Waals surface area contributed by atoms with Gasteiger partial charge in [-0.1, -0.05) is 47.7 Å². The summed E-state index contributed by atoms with van der Waals surface area (Å²) < 4.78 is 12.8. The number of carbonyl (C=O) groups excluding carboxylic acids is 1. The fourth-order valence-corrected chi connectivity index (χ4v) is 4.99. The number of nitrogens with one attached hydrogen (secondary N) is 2. The highest BCUT2D eigenvalue weighted by molar-refractivity contribution is 5.99. The Hall–Kier alpha value is -4.37. The molecule has 9 heteroatoms. The summed E-state index contributed by atoms with van der Waals surface area (Å²) in [7, 11) is 3.34. The van der Waals surface area contributed by atoms with Crippen LogP contribution in [0.1, 0.15) is 32.7 Å². The summed E-state index contributed by atoms with van der Waals surface area (Å²) in [5, 5.41) is 15.0. The Morgan fingerprint density at radius 3 is 2.50 bits per heavy atom. The van der Waals surface area contributed by atoms with Gasteiger partial charge in [0, 0.05) is 31.9 Å². The number of nitrogens with zero attached hydrogens (tertiary/aromatic N) is 4. The van der Waals surface area contributed by atoms with Crippen molar-refractivity contribution in [2.45, 2.75) is 32.5 Å². The average Bonchev–Trinajstić information content (AvgIpc) is 3.46.